The van der Waals surface area contributed by atoms with Crippen LogP contribution in [0, 0.1) is 6.92 Å². The van der Waals surface area contributed by atoms with Crippen molar-refractivity contribution in [2.75, 3.05) is 18.5 Å². The van der Waals surface area contributed by atoms with E-state index < -0.39 is 5.91 Å². The lowest BCUT2D eigenvalue weighted by Crippen LogP contribution is -2.18. The fraction of sp³-hybridized carbons (Fsp3) is 0.280. The Balaban J connectivity index is 1.46. The molecule has 0 spiro atoms. The van der Waals surface area contributed by atoms with Gasteiger partial charge in [-0.2, -0.15) is 0 Å². The molecule has 2 heterocycles. The first-order chi connectivity index (χ1) is 15.5. The number of nitrogens with one attached hydrogen (secondary N) is 1. The molecule has 2 amide bonds. The minimum Gasteiger partial charge on any atom is -0.491 e. The van der Waals surface area contributed by atoms with Gasteiger partial charge in [-0.15, -0.1) is 11.3 Å². The standard InChI is InChI=1S/C25H26N2O4S/c1-16-21(14-17-6-3-2-4-7-17)32-25(22(16)23(26)28)27-24(29)18-9-11-19(12-10-18)31-15-20-8-5-13-30-20/h2-4,6-7,9-12,20H,5,8,13-15H2,1H3,(H2,26,28)(H,27,29). The van der Waals surface area contributed by atoms with Gasteiger partial charge in [-0.25, -0.2) is 0 Å². The Labute approximate surface area is 191 Å². The highest BCUT2D eigenvalue weighted by Crippen LogP contribution is 2.34. The lowest BCUT2D eigenvalue weighted by Gasteiger charge is -2.11. The van der Waals surface area contributed by atoms with E-state index in [1.54, 1.807) is 24.3 Å². The number of thiophene rings is 1. The molecule has 4 rings (SSSR count). The zero-order chi connectivity index (χ0) is 22.5. The molecule has 7 heteroatoms. The van der Waals surface area contributed by atoms with Crippen LogP contribution in [0.5, 0.6) is 5.75 Å². The number of anilines is 1. The van der Waals surface area contributed by atoms with E-state index in [9.17, 15) is 9.59 Å². The molecule has 0 aliphatic carbocycles. The van der Waals surface area contributed by atoms with Crippen molar-refractivity contribution < 1.29 is 19.1 Å². The maximum atomic E-state index is 12.8. The number of primary amides is 1. The summed E-state index contributed by atoms with van der Waals surface area (Å²) in [5.41, 5.74) is 8.40. The number of hydrogen-bond donors (Lipinski definition) is 2. The Hall–Kier alpha value is -3.16. The van der Waals surface area contributed by atoms with Gasteiger partial charge in [0.05, 0.1) is 11.7 Å². The second kappa shape index (κ2) is 9.97. The van der Waals surface area contributed by atoms with Crippen LogP contribution >= 0.6 is 11.3 Å². The van der Waals surface area contributed by atoms with Gasteiger partial charge >= 0.3 is 0 Å². The van der Waals surface area contributed by atoms with E-state index in [1.165, 1.54) is 11.3 Å². The molecule has 3 N–H and O–H groups in total. The highest BCUT2D eigenvalue weighted by Gasteiger charge is 2.21. The second-order valence-corrected chi connectivity index (χ2v) is 8.91. The largest absolute Gasteiger partial charge is 0.491 e. The van der Waals surface area contributed by atoms with E-state index in [-0.39, 0.29) is 12.0 Å². The van der Waals surface area contributed by atoms with Crippen LogP contribution in [-0.2, 0) is 11.2 Å². The van der Waals surface area contributed by atoms with E-state index in [0.29, 0.717) is 34.9 Å². The fourth-order valence-corrected chi connectivity index (χ4v) is 4.98. The molecule has 2 aromatic carbocycles. The molecule has 32 heavy (non-hydrogen) atoms. The van der Waals surface area contributed by atoms with Crippen LogP contribution in [0.15, 0.2) is 54.6 Å². The van der Waals surface area contributed by atoms with Crippen LogP contribution in [0.4, 0.5) is 5.00 Å². The van der Waals surface area contributed by atoms with Crippen LogP contribution in [-0.4, -0.2) is 31.1 Å². The van der Waals surface area contributed by atoms with Gasteiger partial charge in [0, 0.05) is 23.5 Å². The molecular formula is C25H26N2O4S. The monoisotopic (exact) mass is 450 g/mol. The van der Waals surface area contributed by atoms with Gasteiger partial charge in [0.25, 0.3) is 11.8 Å². The van der Waals surface area contributed by atoms with Crippen molar-refractivity contribution in [3.8, 4) is 5.75 Å². The van der Waals surface area contributed by atoms with Gasteiger partial charge in [0.15, 0.2) is 0 Å². The highest BCUT2D eigenvalue weighted by molar-refractivity contribution is 7.17. The van der Waals surface area contributed by atoms with Crippen molar-refractivity contribution >= 4 is 28.2 Å². The molecule has 1 aromatic heterocycles. The topological polar surface area (TPSA) is 90.7 Å². The predicted octanol–water partition coefficient (Wildman–Crippen LogP) is 4.56. The number of carbonyl (C=O) groups is 2. The Bertz CT molecular complexity index is 1090. The number of amides is 2. The molecule has 1 saturated heterocycles. The molecule has 6 nitrogen and oxygen atoms in total. The van der Waals surface area contributed by atoms with Gasteiger partial charge in [-0.1, -0.05) is 30.3 Å². The van der Waals surface area contributed by atoms with Crippen LogP contribution in [0.25, 0.3) is 0 Å². The molecule has 166 valence electrons. The summed E-state index contributed by atoms with van der Waals surface area (Å²) in [4.78, 5) is 25.9. The molecule has 0 radical (unpaired) electrons. The highest BCUT2D eigenvalue weighted by atomic mass is 32.1. The van der Waals surface area contributed by atoms with Crippen molar-refractivity contribution in [3.63, 3.8) is 0 Å². The average molecular weight is 451 g/mol. The van der Waals surface area contributed by atoms with Crippen molar-refractivity contribution in [1.29, 1.82) is 0 Å². The first-order valence-corrected chi connectivity index (χ1v) is 11.4. The first kappa shape index (κ1) is 22.0. The molecule has 1 atom stereocenters. The quantitative estimate of drug-likeness (QED) is 0.527. The molecular weight excluding hydrogens is 424 g/mol. The van der Waals surface area contributed by atoms with E-state index in [2.05, 4.69) is 5.32 Å². The molecule has 1 aliphatic rings. The Kier molecular flexibility index (Phi) is 6.87. The lowest BCUT2D eigenvalue weighted by molar-refractivity contribution is 0.0679. The normalized spacial score (nSPS) is 15.5. The van der Waals surface area contributed by atoms with Crippen molar-refractivity contribution in [1.82, 2.24) is 0 Å². The van der Waals surface area contributed by atoms with Crippen LogP contribution in [0.1, 0.15) is 49.6 Å². The zero-order valence-electron chi connectivity index (χ0n) is 17.9. The third-order valence-corrected chi connectivity index (χ3v) is 6.71. The first-order valence-electron chi connectivity index (χ1n) is 10.6. The molecule has 0 saturated carbocycles. The summed E-state index contributed by atoms with van der Waals surface area (Å²) in [5, 5.41) is 3.35. The predicted molar refractivity (Wildman–Crippen MR) is 126 cm³/mol. The van der Waals surface area contributed by atoms with E-state index >= 15 is 0 Å². The second-order valence-electron chi connectivity index (χ2n) is 7.81. The molecule has 1 unspecified atom stereocenters. The molecule has 3 aromatic rings. The third kappa shape index (κ3) is 5.18. The molecule has 1 aliphatic heterocycles. The summed E-state index contributed by atoms with van der Waals surface area (Å²) in [7, 11) is 0. The minimum atomic E-state index is -0.550. The number of benzene rings is 2. The van der Waals surface area contributed by atoms with E-state index in [1.807, 2.05) is 37.3 Å². The maximum Gasteiger partial charge on any atom is 0.256 e. The van der Waals surface area contributed by atoms with Gasteiger partial charge in [-0.3, -0.25) is 9.59 Å². The van der Waals surface area contributed by atoms with E-state index in [0.717, 1.165) is 35.5 Å². The number of carbonyl (C=O) groups excluding carboxylic acids is 2. The summed E-state index contributed by atoms with van der Waals surface area (Å²) < 4.78 is 11.3. The Morgan fingerprint density at radius 3 is 2.56 bits per heavy atom. The maximum absolute atomic E-state index is 12.8. The molecule has 1 fully saturated rings. The van der Waals surface area contributed by atoms with Crippen molar-refractivity contribution in [3.05, 3.63) is 81.7 Å². The minimum absolute atomic E-state index is 0.136. The average Bonchev–Trinajstić information content (AvgIpc) is 3.41. The van der Waals surface area contributed by atoms with Crippen molar-refractivity contribution in [2.24, 2.45) is 5.73 Å². The molecule has 0 bridgehead atoms. The summed E-state index contributed by atoms with van der Waals surface area (Å²) in [6, 6.07) is 16.9. The van der Waals surface area contributed by atoms with Crippen LogP contribution < -0.4 is 15.8 Å². The summed E-state index contributed by atoms with van der Waals surface area (Å²) in [6.07, 6.45) is 2.88. The zero-order valence-corrected chi connectivity index (χ0v) is 18.7. The van der Waals surface area contributed by atoms with Gasteiger partial charge < -0.3 is 20.5 Å². The number of hydrogen-bond acceptors (Lipinski definition) is 5. The number of rotatable bonds is 8. The smallest absolute Gasteiger partial charge is 0.256 e. The van der Waals surface area contributed by atoms with Gasteiger partial charge in [-0.05, 0) is 55.2 Å². The summed E-state index contributed by atoms with van der Waals surface area (Å²) in [6.45, 7) is 3.16. The number of nitrogens with two attached hydrogens (primary N) is 1. The van der Waals surface area contributed by atoms with Gasteiger partial charge in [0.2, 0.25) is 0 Å². The lowest BCUT2D eigenvalue weighted by atomic mass is 10.1. The van der Waals surface area contributed by atoms with E-state index in [4.69, 9.17) is 15.2 Å². The SMILES string of the molecule is Cc1c(Cc2ccccc2)sc(NC(=O)c2ccc(OCC3CCCO3)cc2)c1C(N)=O. The Morgan fingerprint density at radius 2 is 1.91 bits per heavy atom. The Morgan fingerprint density at radius 1 is 1.16 bits per heavy atom. The van der Waals surface area contributed by atoms with Crippen LogP contribution in [0.3, 0.4) is 0 Å². The summed E-state index contributed by atoms with van der Waals surface area (Å²) >= 11 is 1.39. The van der Waals surface area contributed by atoms with Gasteiger partial charge in [0.1, 0.15) is 17.4 Å². The van der Waals surface area contributed by atoms with Crippen molar-refractivity contribution in [2.45, 2.75) is 32.3 Å². The van der Waals surface area contributed by atoms with Crippen LogP contribution in [0.2, 0.25) is 0 Å². The summed E-state index contributed by atoms with van der Waals surface area (Å²) in [5.74, 6) is -0.163. The fourth-order valence-electron chi connectivity index (χ4n) is 3.74. The third-order valence-electron chi connectivity index (χ3n) is 5.50. The number of ether oxygens (including phenoxy) is 2.